The van der Waals surface area contributed by atoms with Crippen LogP contribution in [-0.4, -0.2) is 17.1 Å². The van der Waals surface area contributed by atoms with Crippen LogP contribution in [0.25, 0.3) is 0 Å². The fourth-order valence-corrected chi connectivity index (χ4v) is 3.29. The maximum Gasteiger partial charge on any atom is 0.129 e. The average molecular weight is 223 g/mol. The SMILES string of the molecule is Cc1nc(Cl)ccc1[C@H]1C[C@@H]2CC[C@H]1N2. The van der Waals surface area contributed by atoms with Gasteiger partial charge in [-0.15, -0.1) is 0 Å². The second kappa shape index (κ2) is 3.46. The minimum absolute atomic E-state index is 0.604. The molecule has 2 nitrogen and oxygen atoms in total. The van der Waals surface area contributed by atoms with Crippen molar-refractivity contribution in [1.82, 2.24) is 10.3 Å². The molecule has 2 aliphatic rings. The molecule has 3 atom stereocenters. The van der Waals surface area contributed by atoms with Crippen molar-refractivity contribution in [1.29, 1.82) is 0 Å². The summed E-state index contributed by atoms with van der Waals surface area (Å²) in [5.41, 5.74) is 2.49. The Morgan fingerprint density at radius 3 is 2.87 bits per heavy atom. The van der Waals surface area contributed by atoms with E-state index in [1.807, 2.05) is 6.07 Å². The van der Waals surface area contributed by atoms with Gasteiger partial charge < -0.3 is 5.32 Å². The van der Waals surface area contributed by atoms with Crippen molar-refractivity contribution in [3.05, 3.63) is 28.5 Å². The number of aryl methyl sites for hydroxylation is 1. The van der Waals surface area contributed by atoms with E-state index in [2.05, 4.69) is 23.3 Å². The number of hydrogen-bond donors (Lipinski definition) is 1. The molecule has 2 saturated heterocycles. The number of hydrogen-bond acceptors (Lipinski definition) is 2. The fraction of sp³-hybridized carbons (Fsp3) is 0.583. The minimum atomic E-state index is 0.604. The molecule has 1 N–H and O–H groups in total. The molecule has 0 spiro atoms. The summed E-state index contributed by atoms with van der Waals surface area (Å²) in [5, 5.41) is 4.26. The molecule has 2 aliphatic heterocycles. The molecule has 80 valence electrons. The summed E-state index contributed by atoms with van der Waals surface area (Å²) >= 11 is 5.88. The van der Waals surface area contributed by atoms with Gasteiger partial charge in [-0.1, -0.05) is 17.7 Å². The van der Waals surface area contributed by atoms with Crippen LogP contribution in [0.5, 0.6) is 0 Å². The molecule has 15 heavy (non-hydrogen) atoms. The van der Waals surface area contributed by atoms with Crippen LogP contribution in [0, 0.1) is 6.92 Å². The maximum absolute atomic E-state index is 5.88. The summed E-state index contributed by atoms with van der Waals surface area (Å²) < 4.78 is 0. The summed E-state index contributed by atoms with van der Waals surface area (Å²) in [6.07, 6.45) is 3.94. The van der Waals surface area contributed by atoms with E-state index in [0.29, 0.717) is 17.1 Å². The Kier molecular flexibility index (Phi) is 2.22. The topological polar surface area (TPSA) is 24.9 Å². The van der Waals surface area contributed by atoms with Gasteiger partial charge in [0.15, 0.2) is 0 Å². The zero-order valence-corrected chi connectivity index (χ0v) is 9.59. The Morgan fingerprint density at radius 2 is 2.27 bits per heavy atom. The van der Waals surface area contributed by atoms with Crippen molar-refractivity contribution < 1.29 is 0 Å². The van der Waals surface area contributed by atoms with Gasteiger partial charge in [0.2, 0.25) is 0 Å². The van der Waals surface area contributed by atoms with E-state index in [1.54, 1.807) is 0 Å². The molecule has 3 heterocycles. The Balaban J connectivity index is 1.93. The number of rotatable bonds is 1. The van der Waals surface area contributed by atoms with Crippen LogP contribution >= 0.6 is 11.6 Å². The van der Waals surface area contributed by atoms with Crippen LogP contribution in [0.4, 0.5) is 0 Å². The molecular weight excluding hydrogens is 208 g/mol. The largest absolute Gasteiger partial charge is 0.311 e. The van der Waals surface area contributed by atoms with Gasteiger partial charge in [-0.25, -0.2) is 4.98 Å². The molecule has 1 aromatic heterocycles. The highest BCUT2D eigenvalue weighted by Crippen LogP contribution is 2.40. The molecular formula is C12H15ClN2. The molecule has 0 saturated carbocycles. The molecule has 3 heteroatoms. The van der Waals surface area contributed by atoms with Gasteiger partial charge in [0, 0.05) is 23.7 Å². The first kappa shape index (κ1) is 9.61. The minimum Gasteiger partial charge on any atom is -0.311 e. The Morgan fingerprint density at radius 1 is 1.40 bits per heavy atom. The highest BCUT2D eigenvalue weighted by molar-refractivity contribution is 6.29. The van der Waals surface area contributed by atoms with Gasteiger partial charge in [-0.3, -0.25) is 0 Å². The van der Waals surface area contributed by atoms with E-state index >= 15 is 0 Å². The fourth-order valence-electron chi connectivity index (χ4n) is 3.10. The summed E-state index contributed by atoms with van der Waals surface area (Å²) in [4.78, 5) is 4.34. The van der Waals surface area contributed by atoms with Gasteiger partial charge in [-0.2, -0.15) is 0 Å². The van der Waals surface area contributed by atoms with Crippen molar-refractivity contribution >= 4 is 11.6 Å². The quantitative estimate of drug-likeness (QED) is 0.739. The van der Waals surface area contributed by atoms with Crippen LogP contribution in [0.15, 0.2) is 12.1 Å². The molecule has 0 aliphatic carbocycles. The first-order chi connectivity index (χ1) is 7.24. The van der Waals surface area contributed by atoms with Crippen molar-refractivity contribution in [2.24, 2.45) is 0 Å². The number of fused-ring (bicyclic) bond motifs is 2. The van der Waals surface area contributed by atoms with Gasteiger partial charge in [0.1, 0.15) is 5.15 Å². The zero-order valence-electron chi connectivity index (χ0n) is 8.83. The van der Waals surface area contributed by atoms with Crippen LogP contribution in [0.3, 0.4) is 0 Å². The van der Waals surface area contributed by atoms with E-state index in [-0.39, 0.29) is 0 Å². The number of aromatic nitrogens is 1. The Hall–Kier alpha value is -0.600. The Bertz CT molecular complexity index is 391. The lowest BCUT2D eigenvalue weighted by molar-refractivity contribution is 0.503. The predicted molar refractivity (Wildman–Crippen MR) is 61.3 cm³/mol. The van der Waals surface area contributed by atoms with Crippen LogP contribution in [0.2, 0.25) is 5.15 Å². The first-order valence-electron chi connectivity index (χ1n) is 5.63. The lowest BCUT2D eigenvalue weighted by atomic mass is 9.83. The lowest BCUT2D eigenvalue weighted by Gasteiger charge is -2.21. The standard InChI is InChI=1S/C12H15ClN2/c1-7-9(3-5-12(13)14-7)10-6-8-2-4-11(10)15-8/h3,5,8,10-11,15H,2,4,6H2,1H3/t8-,10+,11+/m0/s1. The summed E-state index contributed by atoms with van der Waals surface area (Å²) in [7, 11) is 0. The number of pyridine rings is 1. The molecule has 2 bridgehead atoms. The van der Waals surface area contributed by atoms with Crippen molar-refractivity contribution in [3.63, 3.8) is 0 Å². The molecule has 0 unspecified atom stereocenters. The van der Waals surface area contributed by atoms with Crippen LogP contribution in [-0.2, 0) is 0 Å². The van der Waals surface area contributed by atoms with Crippen molar-refractivity contribution in [3.8, 4) is 0 Å². The molecule has 0 radical (unpaired) electrons. The normalized spacial score (nSPS) is 33.6. The van der Waals surface area contributed by atoms with Crippen LogP contribution in [0.1, 0.15) is 36.4 Å². The maximum atomic E-state index is 5.88. The monoisotopic (exact) mass is 222 g/mol. The van der Waals surface area contributed by atoms with Gasteiger partial charge in [0.05, 0.1) is 0 Å². The van der Waals surface area contributed by atoms with Gasteiger partial charge in [-0.05, 0) is 37.8 Å². The second-order valence-electron chi connectivity index (χ2n) is 4.70. The van der Waals surface area contributed by atoms with E-state index < -0.39 is 0 Å². The van der Waals surface area contributed by atoms with Crippen LogP contribution < -0.4 is 5.32 Å². The number of halogens is 1. The third kappa shape index (κ3) is 1.56. The lowest BCUT2D eigenvalue weighted by Crippen LogP contribution is -2.22. The molecule has 0 aromatic carbocycles. The third-order valence-electron chi connectivity index (χ3n) is 3.79. The number of nitrogens with zero attached hydrogens (tertiary/aromatic N) is 1. The van der Waals surface area contributed by atoms with Gasteiger partial charge >= 0.3 is 0 Å². The second-order valence-corrected chi connectivity index (χ2v) is 5.09. The summed E-state index contributed by atoms with van der Waals surface area (Å²) in [5.74, 6) is 0.661. The smallest absolute Gasteiger partial charge is 0.129 e. The predicted octanol–water partition coefficient (Wildman–Crippen LogP) is 2.65. The average Bonchev–Trinajstić information content (AvgIpc) is 2.78. The van der Waals surface area contributed by atoms with E-state index in [1.165, 1.54) is 24.8 Å². The molecule has 1 aromatic rings. The van der Waals surface area contributed by atoms with Crippen molar-refractivity contribution in [2.45, 2.75) is 44.2 Å². The third-order valence-corrected chi connectivity index (χ3v) is 4.00. The van der Waals surface area contributed by atoms with E-state index in [4.69, 9.17) is 11.6 Å². The molecule has 0 amide bonds. The summed E-state index contributed by atoms with van der Waals surface area (Å²) in [6.45, 7) is 2.06. The highest BCUT2D eigenvalue weighted by atomic mass is 35.5. The molecule has 3 rings (SSSR count). The van der Waals surface area contributed by atoms with Crippen molar-refractivity contribution in [2.75, 3.05) is 0 Å². The highest BCUT2D eigenvalue weighted by Gasteiger charge is 2.40. The summed E-state index contributed by atoms with van der Waals surface area (Å²) in [6, 6.07) is 5.49. The zero-order chi connectivity index (χ0) is 10.4. The Labute approximate surface area is 95.0 Å². The first-order valence-corrected chi connectivity index (χ1v) is 6.01. The van der Waals surface area contributed by atoms with E-state index in [0.717, 1.165) is 11.7 Å². The van der Waals surface area contributed by atoms with E-state index in [9.17, 15) is 0 Å². The number of nitrogens with one attached hydrogen (secondary N) is 1. The molecule has 2 fully saturated rings. The van der Waals surface area contributed by atoms with Gasteiger partial charge in [0.25, 0.3) is 0 Å².